The van der Waals surface area contributed by atoms with E-state index in [9.17, 15) is 19.7 Å². The molecule has 7 nitrogen and oxygen atoms in total. The van der Waals surface area contributed by atoms with Crippen molar-refractivity contribution in [2.24, 2.45) is 0 Å². The maximum absolute atomic E-state index is 12.3. The Morgan fingerprint density at radius 3 is 2.44 bits per heavy atom. The summed E-state index contributed by atoms with van der Waals surface area (Å²) in [6.45, 7) is 0. The van der Waals surface area contributed by atoms with Crippen LogP contribution in [-0.2, 0) is 0 Å². The molecule has 0 aliphatic heterocycles. The summed E-state index contributed by atoms with van der Waals surface area (Å²) < 4.78 is 0.281. The van der Waals surface area contributed by atoms with Gasteiger partial charge in [-0.3, -0.25) is 19.7 Å². The summed E-state index contributed by atoms with van der Waals surface area (Å²) >= 11 is 9.15. The highest BCUT2D eigenvalue weighted by molar-refractivity contribution is 9.10. The van der Waals surface area contributed by atoms with Gasteiger partial charge >= 0.3 is 0 Å². The number of benzene rings is 2. The van der Waals surface area contributed by atoms with Gasteiger partial charge in [0.15, 0.2) is 0 Å². The summed E-state index contributed by atoms with van der Waals surface area (Å²) in [5, 5.41) is 13.7. The zero-order chi connectivity index (χ0) is 18.7. The average molecular weight is 427 g/mol. The van der Waals surface area contributed by atoms with Crippen LogP contribution in [0.15, 0.2) is 40.9 Å². The molecular formula is C16H13BrClN3O4. The number of amides is 2. The minimum absolute atomic E-state index is 0.125. The first-order chi connectivity index (χ1) is 11.7. The van der Waals surface area contributed by atoms with Crippen molar-refractivity contribution < 1.29 is 14.5 Å². The van der Waals surface area contributed by atoms with Crippen LogP contribution in [0.2, 0.25) is 5.02 Å². The van der Waals surface area contributed by atoms with E-state index in [4.69, 9.17) is 11.6 Å². The molecule has 0 heterocycles. The third-order valence-electron chi connectivity index (χ3n) is 3.27. The van der Waals surface area contributed by atoms with E-state index in [1.165, 1.54) is 41.3 Å². The van der Waals surface area contributed by atoms with Gasteiger partial charge in [0, 0.05) is 31.4 Å². The Labute approximate surface area is 156 Å². The lowest BCUT2D eigenvalue weighted by Gasteiger charge is -2.13. The molecule has 0 aromatic heterocycles. The van der Waals surface area contributed by atoms with Gasteiger partial charge in [-0.25, -0.2) is 0 Å². The van der Waals surface area contributed by atoms with Crippen molar-refractivity contribution >= 4 is 50.7 Å². The Morgan fingerprint density at radius 1 is 1.20 bits per heavy atom. The minimum Gasteiger partial charge on any atom is -0.345 e. The lowest BCUT2D eigenvalue weighted by molar-refractivity contribution is -0.385. The molecule has 0 spiro atoms. The number of hydrogen-bond acceptors (Lipinski definition) is 4. The Balaban J connectivity index is 2.24. The second-order valence-electron chi connectivity index (χ2n) is 5.27. The Bertz CT molecular complexity index is 870. The highest BCUT2D eigenvalue weighted by Gasteiger charge is 2.17. The number of nitro groups is 1. The fourth-order valence-electron chi connectivity index (χ4n) is 2.00. The van der Waals surface area contributed by atoms with Crippen LogP contribution < -0.4 is 5.32 Å². The number of nitrogens with one attached hydrogen (secondary N) is 1. The lowest BCUT2D eigenvalue weighted by atomic mass is 10.1. The van der Waals surface area contributed by atoms with Gasteiger partial charge in [0.1, 0.15) is 0 Å². The molecule has 2 aromatic rings. The molecule has 25 heavy (non-hydrogen) atoms. The predicted octanol–water partition coefficient (Wildman–Crippen LogP) is 3.96. The number of rotatable bonds is 4. The van der Waals surface area contributed by atoms with Gasteiger partial charge in [-0.1, -0.05) is 11.6 Å². The van der Waals surface area contributed by atoms with Gasteiger partial charge in [0.2, 0.25) is 0 Å². The Morgan fingerprint density at radius 2 is 1.88 bits per heavy atom. The van der Waals surface area contributed by atoms with Crippen molar-refractivity contribution in [1.82, 2.24) is 4.90 Å². The van der Waals surface area contributed by atoms with Crippen LogP contribution >= 0.6 is 27.5 Å². The van der Waals surface area contributed by atoms with Crippen LogP contribution in [0.25, 0.3) is 0 Å². The molecule has 2 amide bonds. The SMILES string of the molecule is CN(C)C(=O)c1ccc(NC(=O)c2ccc(Br)c([N+](=O)[O-])c2)cc1Cl. The standard InChI is InChI=1S/C16H13BrClN3O4/c1-20(2)16(23)11-5-4-10(8-13(11)18)19-15(22)9-3-6-12(17)14(7-9)21(24)25/h3-8H,1-2H3,(H,19,22). The predicted molar refractivity (Wildman–Crippen MR) is 98.2 cm³/mol. The maximum atomic E-state index is 12.3. The topological polar surface area (TPSA) is 92.6 Å². The number of halogens is 2. The number of hydrogen-bond donors (Lipinski definition) is 1. The molecule has 9 heteroatoms. The molecule has 0 bridgehead atoms. The van der Waals surface area contributed by atoms with Gasteiger partial charge in [-0.2, -0.15) is 0 Å². The van der Waals surface area contributed by atoms with Gasteiger partial charge in [-0.15, -0.1) is 0 Å². The quantitative estimate of drug-likeness (QED) is 0.591. The van der Waals surface area contributed by atoms with Crippen molar-refractivity contribution in [2.75, 3.05) is 19.4 Å². The number of anilines is 1. The summed E-state index contributed by atoms with van der Waals surface area (Å²) in [4.78, 5) is 36.0. The van der Waals surface area contributed by atoms with E-state index in [1.807, 2.05) is 0 Å². The Hall–Kier alpha value is -2.45. The number of carbonyl (C=O) groups is 2. The van der Waals surface area contributed by atoms with Crippen molar-refractivity contribution in [3.8, 4) is 0 Å². The van der Waals surface area contributed by atoms with E-state index in [1.54, 1.807) is 14.1 Å². The summed E-state index contributed by atoms with van der Waals surface area (Å²) in [6, 6.07) is 8.54. The smallest absolute Gasteiger partial charge is 0.284 e. The molecule has 130 valence electrons. The third kappa shape index (κ3) is 4.34. The first-order valence-corrected chi connectivity index (χ1v) is 8.14. The highest BCUT2D eigenvalue weighted by atomic mass is 79.9. The molecular weight excluding hydrogens is 414 g/mol. The van der Waals surface area contributed by atoms with Crippen LogP contribution in [0.4, 0.5) is 11.4 Å². The van der Waals surface area contributed by atoms with Crippen LogP contribution in [0.3, 0.4) is 0 Å². The van der Waals surface area contributed by atoms with Crippen molar-refractivity contribution in [2.45, 2.75) is 0 Å². The molecule has 0 atom stereocenters. The van der Waals surface area contributed by atoms with E-state index < -0.39 is 10.8 Å². The molecule has 0 saturated heterocycles. The Kier molecular flexibility index (Phi) is 5.76. The molecule has 0 aliphatic rings. The second kappa shape index (κ2) is 7.62. The molecule has 2 rings (SSSR count). The molecule has 0 saturated carbocycles. The van der Waals surface area contributed by atoms with Crippen LogP contribution in [0.1, 0.15) is 20.7 Å². The average Bonchev–Trinajstić information content (AvgIpc) is 2.54. The number of carbonyl (C=O) groups excluding carboxylic acids is 2. The molecule has 1 N–H and O–H groups in total. The third-order valence-corrected chi connectivity index (χ3v) is 4.25. The van der Waals surface area contributed by atoms with E-state index in [0.29, 0.717) is 11.3 Å². The van der Waals surface area contributed by atoms with Crippen LogP contribution in [-0.4, -0.2) is 35.7 Å². The minimum atomic E-state index is -0.584. The van der Waals surface area contributed by atoms with Crippen LogP contribution in [0, 0.1) is 10.1 Å². The number of nitrogens with zero attached hydrogens (tertiary/aromatic N) is 2. The first-order valence-electron chi connectivity index (χ1n) is 6.97. The van der Waals surface area contributed by atoms with E-state index in [2.05, 4.69) is 21.2 Å². The van der Waals surface area contributed by atoms with E-state index >= 15 is 0 Å². The molecule has 0 radical (unpaired) electrons. The normalized spacial score (nSPS) is 10.2. The molecule has 0 unspecified atom stereocenters. The molecule has 0 fully saturated rings. The van der Waals surface area contributed by atoms with Gasteiger partial charge in [0.05, 0.1) is 20.0 Å². The largest absolute Gasteiger partial charge is 0.345 e. The zero-order valence-electron chi connectivity index (χ0n) is 13.2. The summed E-state index contributed by atoms with van der Waals surface area (Å²) in [6.07, 6.45) is 0. The summed E-state index contributed by atoms with van der Waals surface area (Å²) in [5.41, 5.74) is 0.594. The summed E-state index contributed by atoms with van der Waals surface area (Å²) in [5.74, 6) is -0.787. The van der Waals surface area contributed by atoms with Crippen LogP contribution in [0.5, 0.6) is 0 Å². The lowest BCUT2D eigenvalue weighted by Crippen LogP contribution is -2.22. The van der Waals surface area contributed by atoms with Crippen molar-refractivity contribution in [3.63, 3.8) is 0 Å². The van der Waals surface area contributed by atoms with Crippen molar-refractivity contribution in [1.29, 1.82) is 0 Å². The number of nitro benzene ring substituents is 1. The second-order valence-corrected chi connectivity index (χ2v) is 6.53. The highest BCUT2D eigenvalue weighted by Crippen LogP contribution is 2.27. The fraction of sp³-hybridized carbons (Fsp3) is 0.125. The van der Waals surface area contributed by atoms with Gasteiger partial charge in [-0.05, 0) is 46.3 Å². The maximum Gasteiger partial charge on any atom is 0.284 e. The van der Waals surface area contributed by atoms with E-state index in [0.717, 1.165) is 0 Å². The summed E-state index contributed by atoms with van der Waals surface area (Å²) in [7, 11) is 3.21. The van der Waals surface area contributed by atoms with E-state index in [-0.39, 0.29) is 26.7 Å². The monoisotopic (exact) mass is 425 g/mol. The zero-order valence-corrected chi connectivity index (χ0v) is 15.6. The van der Waals surface area contributed by atoms with Crippen molar-refractivity contribution in [3.05, 3.63) is 67.1 Å². The van der Waals surface area contributed by atoms with Gasteiger partial charge in [0.25, 0.3) is 17.5 Å². The van der Waals surface area contributed by atoms with Gasteiger partial charge < -0.3 is 10.2 Å². The molecule has 2 aromatic carbocycles. The molecule has 0 aliphatic carbocycles. The fourth-order valence-corrected chi connectivity index (χ4v) is 2.66. The first kappa shape index (κ1) is 18.9.